The lowest BCUT2D eigenvalue weighted by Crippen LogP contribution is -2.33. The molecule has 1 aromatic rings. The van der Waals surface area contributed by atoms with Crippen LogP contribution in [0, 0.1) is 0 Å². The van der Waals surface area contributed by atoms with Gasteiger partial charge in [0.05, 0.1) is 6.61 Å². The van der Waals surface area contributed by atoms with Gasteiger partial charge in [0.25, 0.3) is 0 Å². The van der Waals surface area contributed by atoms with Crippen molar-refractivity contribution < 1.29 is 19.3 Å². The number of nitrogens with zero attached hydrogens (tertiary/aromatic N) is 2. The highest BCUT2D eigenvalue weighted by Crippen LogP contribution is 2.30. The van der Waals surface area contributed by atoms with Crippen molar-refractivity contribution in [2.75, 3.05) is 12.3 Å². The molecule has 1 aliphatic rings. The Balaban J connectivity index is 2.32. The van der Waals surface area contributed by atoms with Gasteiger partial charge in [-0.05, 0) is 6.07 Å². The fourth-order valence-electron chi connectivity index (χ4n) is 1.70. The maximum atomic E-state index is 13.7. The Kier molecular flexibility index (Phi) is 3.09. The third-order valence-corrected chi connectivity index (χ3v) is 2.60. The van der Waals surface area contributed by atoms with Gasteiger partial charge in [-0.2, -0.15) is 4.98 Å². The zero-order valence-corrected chi connectivity index (χ0v) is 8.73. The Bertz CT molecular complexity index is 466. The molecule has 1 aliphatic heterocycles. The molecule has 1 saturated heterocycles. The molecule has 4 atom stereocenters. The molecular formula is C9H12FN3O4. The smallest absolute Gasteiger partial charge is 0.351 e. The molecule has 7 nitrogen and oxygen atoms in total. The summed E-state index contributed by atoms with van der Waals surface area (Å²) in [7, 11) is 0. The number of aromatic nitrogens is 2. The van der Waals surface area contributed by atoms with E-state index >= 15 is 0 Å². The molecule has 1 aromatic heterocycles. The van der Waals surface area contributed by atoms with E-state index in [1.807, 2.05) is 0 Å². The standard InChI is InChI=1S/C9H12FN3O4/c10-6-7(15)4(3-14)17-8(6)13-2-1-5(11)12-9(13)16/h1-2,4,6-8,14-15H,3H2,(H2,11,12,16)/t4-,6+,7-,8-/m1/s1. The summed E-state index contributed by atoms with van der Waals surface area (Å²) in [5.41, 5.74) is 4.52. The number of nitrogen functional groups attached to an aromatic ring is 1. The average molecular weight is 245 g/mol. The fraction of sp³-hybridized carbons (Fsp3) is 0.556. The van der Waals surface area contributed by atoms with E-state index in [0.717, 1.165) is 4.57 Å². The van der Waals surface area contributed by atoms with Gasteiger partial charge in [-0.1, -0.05) is 0 Å². The van der Waals surface area contributed by atoms with Crippen LogP contribution in [-0.2, 0) is 4.74 Å². The summed E-state index contributed by atoms with van der Waals surface area (Å²) in [4.78, 5) is 14.9. The number of alkyl halides is 1. The van der Waals surface area contributed by atoms with Crippen molar-refractivity contribution in [3.05, 3.63) is 22.7 Å². The number of aliphatic hydroxyl groups excluding tert-OH is 2. The molecule has 0 radical (unpaired) electrons. The van der Waals surface area contributed by atoms with Crippen LogP contribution < -0.4 is 11.4 Å². The summed E-state index contributed by atoms with van der Waals surface area (Å²) in [5.74, 6) is 0.0129. The summed E-state index contributed by atoms with van der Waals surface area (Å²) in [6, 6.07) is 1.32. The monoisotopic (exact) mass is 245 g/mol. The maximum absolute atomic E-state index is 13.7. The molecule has 4 N–H and O–H groups in total. The van der Waals surface area contributed by atoms with Crippen LogP contribution in [0.4, 0.5) is 10.2 Å². The molecule has 0 amide bonds. The van der Waals surface area contributed by atoms with E-state index in [9.17, 15) is 14.3 Å². The minimum atomic E-state index is -1.81. The summed E-state index contributed by atoms with van der Waals surface area (Å²) in [5, 5.41) is 18.3. The number of ether oxygens (including phenoxy) is 1. The first-order valence-corrected chi connectivity index (χ1v) is 4.97. The topological polar surface area (TPSA) is 111 Å². The SMILES string of the molecule is Nc1ccn([C@@H]2O[C@H](CO)[C@@H](O)[C@@H]2F)c(=O)n1. The normalized spacial score (nSPS) is 32.9. The molecule has 0 saturated carbocycles. The van der Waals surface area contributed by atoms with Gasteiger partial charge in [-0.15, -0.1) is 0 Å². The number of anilines is 1. The maximum Gasteiger partial charge on any atom is 0.351 e. The van der Waals surface area contributed by atoms with Gasteiger partial charge in [-0.3, -0.25) is 4.57 Å². The Labute approximate surface area is 95.3 Å². The van der Waals surface area contributed by atoms with Gasteiger partial charge in [0.15, 0.2) is 12.4 Å². The van der Waals surface area contributed by atoms with Crippen molar-refractivity contribution in [2.45, 2.75) is 24.6 Å². The molecule has 0 aliphatic carbocycles. The fourth-order valence-corrected chi connectivity index (χ4v) is 1.70. The third-order valence-electron chi connectivity index (χ3n) is 2.60. The molecule has 0 spiro atoms. The summed E-state index contributed by atoms with van der Waals surface area (Å²) < 4.78 is 19.6. The van der Waals surface area contributed by atoms with Gasteiger partial charge in [-0.25, -0.2) is 9.18 Å². The van der Waals surface area contributed by atoms with Crippen molar-refractivity contribution in [3.63, 3.8) is 0 Å². The van der Waals surface area contributed by atoms with Crippen LogP contribution in [0.1, 0.15) is 6.23 Å². The number of halogens is 1. The highest BCUT2D eigenvalue weighted by atomic mass is 19.1. The Morgan fingerprint density at radius 2 is 2.35 bits per heavy atom. The van der Waals surface area contributed by atoms with Crippen molar-refractivity contribution in [1.82, 2.24) is 9.55 Å². The summed E-state index contributed by atoms with van der Waals surface area (Å²) in [6.07, 6.45) is -4.42. The van der Waals surface area contributed by atoms with Crippen LogP contribution in [0.25, 0.3) is 0 Å². The molecular weight excluding hydrogens is 233 g/mol. The Hall–Kier alpha value is -1.51. The number of hydrogen-bond acceptors (Lipinski definition) is 6. The molecule has 8 heteroatoms. The van der Waals surface area contributed by atoms with Crippen LogP contribution in [0.15, 0.2) is 17.1 Å². The van der Waals surface area contributed by atoms with Crippen LogP contribution in [0.5, 0.6) is 0 Å². The van der Waals surface area contributed by atoms with Crippen molar-refractivity contribution in [2.24, 2.45) is 0 Å². The van der Waals surface area contributed by atoms with E-state index in [2.05, 4.69) is 4.98 Å². The summed E-state index contributed by atoms with van der Waals surface area (Å²) in [6.45, 7) is -0.533. The molecule has 0 aromatic carbocycles. The van der Waals surface area contributed by atoms with E-state index in [0.29, 0.717) is 0 Å². The number of hydrogen-bond donors (Lipinski definition) is 3. The van der Waals surface area contributed by atoms with E-state index in [1.165, 1.54) is 12.3 Å². The van der Waals surface area contributed by atoms with Crippen molar-refractivity contribution in [3.8, 4) is 0 Å². The van der Waals surface area contributed by atoms with E-state index < -0.39 is 36.9 Å². The lowest BCUT2D eigenvalue weighted by atomic mass is 10.1. The minimum absolute atomic E-state index is 0.0129. The van der Waals surface area contributed by atoms with Gasteiger partial charge in [0, 0.05) is 6.20 Å². The molecule has 0 bridgehead atoms. The van der Waals surface area contributed by atoms with Gasteiger partial charge >= 0.3 is 5.69 Å². The highest BCUT2D eigenvalue weighted by Gasteiger charge is 2.45. The zero-order chi connectivity index (χ0) is 12.6. The number of nitrogens with two attached hydrogens (primary N) is 1. The van der Waals surface area contributed by atoms with Gasteiger partial charge < -0.3 is 20.7 Å². The van der Waals surface area contributed by atoms with Gasteiger partial charge in [0.1, 0.15) is 18.0 Å². The first-order chi connectivity index (χ1) is 8.04. The van der Waals surface area contributed by atoms with E-state index in [4.69, 9.17) is 15.6 Å². The highest BCUT2D eigenvalue weighted by molar-refractivity contribution is 5.23. The summed E-state index contributed by atoms with van der Waals surface area (Å²) >= 11 is 0. The molecule has 0 unspecified atom stereocenters. The van der Waals surface area contributed by atoms with Crippen molar-refractivity contribution in [1.29, 1.82) is 0 Å². The lowest BCUT2D eigenvalue weighted by Gasteiger charge is -2.15. The second kappa shape index (κ2) is 4.40. The Morgan fingerprint density at radius 3 is 2.88 bits per heavy atom. The van der Waals surface area contributed by atoms with Gasteiger partial charge in [0.2, 0.25) is 0 Å². The predicted octanol–water partition coefficient (Wildman–Crippen LogP) is -1.59. The van der Waals surface area contributed by atoms with Crippen LogP contribution in [0.2, 0.25) is 0 Å². The number of aliphatic hydroxyl groups is 2. The largest absolute Gasteiger partial charge is 0.394 e. The van der Waals surface area contributed by atoms with E-state index in [-0.39, 0.29) is 5.82 Å². The lowest BCUT2D eigenvalue weighted by molar-refractivity contribution is -0.0490. The predicted molar refractivity (Wildman–Crippen MR) is 54.8 cm³/mol. The van der Waals surface area contributed by atoms with E-state index in [1.54, 1.807) is 0 Å². The molecule has 2 rings (SSSR count). The first-order valence-electron chi connectivity index (χ1n) is 4.97. The molecule has 94 valence electrons. The number of rotatable bonds is 2. The van der Waals surface area contributed by atoms with Crippen LogP contribution >= 0.6 is 0 Å². The van der Waals surface area contributed by atoms with Crippen LogP contribution in [-0.4, -0.2) is 44.8 Å². The first kappa shape index (κ1) is 12.0. The average Bonchev–Trinajstić information content (AvgIpc) is 2.57. The van der Waals surface area contributed by atoms with Crippen molar-refractivity contribution >= 4 is 5.82 Å². The molecule has 1 fully saturated rings. The zero-order valence-electron chi connectivity index (χ0n) is 8.73. The second-order valence-electron chi connectivity index (χ2n) is 3.72. The minimum Gasteiger partial charge on any atom is -0.394 e. The molecule has 17 heavy (non-hydrogen) atoms. The van der Waals surface area contributed by atoms with Crippen LogP contribution in [0.3, 0.4) is 0 Å². The second-order valence-corrected chi connectivity index (χ2v) is 3.72. The quantitative estimate of drug-likeness (QED) is 0.579. The third kappa shape index (κ3) is 2.02. The Morgan fingerprint density at radius 1 is 1.65 bits per heavy atom. The molecule has 2 heterocycles.